The number of carboxylic acids is 1. The van der Waals surface area contributed by atoms with Crippen LogP contribution in [0.1, 0.15) is 45.1 Å². The Morgan fingerprint density at radius 2 is 1.90 bits per heavy atom. The van der Waals surface area contributed by atoms with Gasteiger partial charge < -0.3 is 10.0 Å². The number of carbonyl (C=O) groups is 1. The summed E-state index contributed by atoms with van der Waals surface area (Å²) >= 11 is 0. The van der Waals surface area contributed by atoms with E-state index in [4.69, 9.17) is 5.11 Å². The molecule has 29 heavy (non-hydrogen) atoms. The number of anilines is 1. The van der Waals surface area contributed by atoms with Gasteiger partial charge in [0, 0.05) is 37.1 Å². The number of benzene rings is 1. The van der Waals surface area contributed by atoms with E-state index in [1.165, 1.54) is 12.1 Å². The number of rotatable bonds is 11. The van der Waals surface area contributed by atoms with Crippen molar-refractivity contribution in [2.24, 2.45) is 4.99 Å². The number of aliphatic carboxylic acids is 1. The van der Waals surface area contributed by atoms with E-state index in [1.807, 2.05) is 32.1 Å². The van der Waals surface area contributed by atoms with Crippen LogP contribution in [-0.2, 0) is 14.9 Å². The minimum atomic E-state index is -4.26. The lowest BCUT2D eigenvalue weighted by molar-refractivity contribution is -0.137. The van der Waals surface area contributed by atoms with Crippen molar-refractivity contribution in [1.82, 2.24) is 0 Å². The molecule has 0 amide bonds. The Bertz CT molecular complexity index is 902. The van der Waals surface area contributed by atoms with E-state index in [9.17, 15) is 17.8 Å². The first kappa shape index (κ1) is 24.6. The van der Waals surface area contributed by atoms with Crippen molar-refractivity contribution >= 4 is 27.5 Å². The summed E-state index contributed by atoms with van der Waals surface area (Å²) in [5.74, 6) is -0.798. The van der Waals surface area contributed by atoms with Gasteiger partial charge in [-0.15, -0.1) is 0 Å². The van der Waals surface area contributed by atoms with E-state index in [2.05, 4.69) is 9.89 Å². The van der Waals surface area contributed by atoms with Crippen LogP contribution >= 0.6 is 0 Å². The number of aliphatic imine (C=N–C) groups is 1. The monoisotopic (exact) mass is 422 g/mol. The molecule has 160 valence electrons. The Hall–Kier alpha value is -2.45. The van der Waals surface area contributed by atoms with Gasteiger partial charge in [0.15, 0.2) is 0 Å². The molecule has 1 rings (SSSR count). The Kier molecular flexibility index (Phi) is 9.77. The second-order valence-corrected chi connectivity index (χ2v) is 8.23. The average Bonchev–Trinajstić information content (AvgIpc) is 2.63. The van der Waals surface area contributed by atoms with Gasteiger partial charge in [-0.2, -0.15) is 8.42 Å². The number of unbranched alkanes of at least 4 members (excludes halogenated alkanes) is 2. The van der Waals surface area contributed by atoms with Crippen LogP contribution < -0.4 is 4.90 Å². The second kappa shape index (κ2) is 11.5. The van der Waals surface area contributed by atoms with Crippen LogP contribution in [-0.4, -0.2) is 43.4 Å². The summed E-state index contributed by atoms with van der Waals surface area (Å²) in [7, 11) is -2.54. The number of aryl methyl sites for hydroxylation is 1. The zero-order valence-electron chi connectivity index (χ0n) is 17.4. The van der Waals surface area contributed by atoms with Gasteiger partial charge in [0.05, 0.1) is 4.90 Å². The van der Waals surface area contributed by atoms with Crippen molar-refractivity contribution in [1.29, 1.82) is 0 Å². The van der Waals surface area contributed by atoms with Gasteiger partial charge in [0.2, 0.25) is 0 Å². The van der Waals surface area contributed by atoms with Crippen LogP contribution in [0.2, 0.25) is 0 Å². The van der Waals surface area contributed by atoms with Gasteiger partial charge in [-0.05, 0) is 69.5 Å². The van der Waals surface area contributed by atoms with Gasteiger partial charge in [-0.3, -0.25) is 14.3 Å². The van der Waals surface area contributed by atoms with Crippen molar-refractivity contribution in [3.63, 3.8) is 0 Å². The molecule has 0 heterocycles. The highest BCUT2D eigenvalue weighted by atomic mass is 32.2. The van der Waals surface area contributed by atoms with Crippen molar-refractivity contribution in [3.8, 4) is 0 Å². The average molecular weight is 423 g/mol. The summed E-state index contributed by atoms with van der Waals surface area (Å²) in [5, 5.41) is 8.77. The molecular weight excluding hydrogens is 392 g/mol. The van der Waals surface area contributed by atoms with Gasteiger partial charge in [0.25, 0.3) is 10.1 Å². The van der Waals surface area contributed by atoms with E-state index in [0.717, 1.165) is 29.9 Å². The fourth-order valence-electron chi connectivity index (χ4n) is 2.79. The van der Waals surface area contributed by atoms with Gasteiger partial charge in [-0.1, -0.05) is 12.5 Å². The summed E-state index contributed by atoms with van der Waals surface area (Å²) < 4.78 is 32.1. The van der Waals surface area contributed by atoms with E-state index >= 15 is 0 Å². The molecule has 0 atom stereocenters. The normalized spacial score (nSPS) is 13.1. The predicted octanol–water partition coefficient (Wildman–Crippen LogP) is 4.24. The van der Waals surface area contributed by atoms with Crippen LogP contribution in [0.5, 0.6) is 0 Å². The summed E-state index contributed by atoms with van der Waals surface area (Å²) in [6.45, 7) is 6.30. The molecule has 0 saturated heterocycles. The molecule has 1 aromatic rings. The standard InChI is InChI=1S/C21H30N2O5S/c1-16-15-19(29(26,27)28)12-13-20(16)23(14-7-5-6-11-21(24)25)18(3)10-8-9-17(2)22-4/h8-10,12-13,15H,5-7,11,14H2,1-4H3,(H,24,25)(H,26,27,28)/b9-8+,18-10+,22-17?. The lowest BCUT2D eigenvalue weighted by Gasteiger charge is -2.27. The summed E-state index contributed by atoms with van der Waals surface area (Å²) in [4.78, 5) is 16.7. The SMILES string of the molecule is CN=C(C)/C=C/C=C(\C)N(CCCCCC(=O)O)c1ccc(S(=O)(=O)O)cc1C. The molecule has 0 aliphatic rings. The summed E-state index contributed by atoms with van der Waals surface area (Å²) in [5.41, 5.74) is 3.39. The molecule has 2 N–H and O–H groups in total. The first-order chi connectivity index (χ1) is 13.6. The third-order valence-electron chi connectivity index (χ3n) is 4.48. The van der Waals surface area contributed by atoms with Crippen LogP contribution in [0.15, 0.2) is 52.0 Å². The molecule has 7 nitrogen and oxygen atoms in total. The Morgan fingerprint density at radius 3 is 2.45 bits per heavy atom. The molecule has 0 spiro atoms. The van der Waals surface area contributed by atoms with Gasteiger partial charge >= 0.3 is 5.97 Å². The van der Waals surface area contributed by atoms with Gasteiger partial charge in [-0.25, -0.2) is 0 Å². The number of hydrogen-bond donors (Lipinski definition) is 2. The van der Waals surface area contributed by atoms with Crippen LogP contribution in [0.25, 0.3) is 0 Å². The first-order valence-corrected chi connectivity index (χ1v) is 10.9. The third-order valence-corrected chi connectivity index (χ3v) is 5.33. The Balaban J connectivity index is 3.11. The molecular formula is C21H30N2O5S. The lowest BCUT2D eigenvalue weighted by atomic mass is 10.1. The number of nitrogens with zero attached hydrogens (tertiary/aromatic N) is 2. The number of hydrogen-bond acceptors (Lipinski definition) is 5. The smallest absolute Gasteiger partial charge is 0.303 e. The van der Waals surface area contributed by atoms with E-state index < -0.39 is 16.1 Å². The minimum absolute atomic E-state index is 0.142. The molecule has 0 bridgehead atoms. The zero-order valence-corrected chi connectivity index (χ0v) is 18.2. The van der Waals surface area contributed by atoms with Crippen LogP contribution in [0.4, 0.5) is 5.69 Å². The lowest BCUT2D eigenvalue weighted by Crippen LogP contribution is -2.23. The predicted molar refractivity (Wildman–Crippen MR) is 116 cm³/mol. The summed E-state index contributed by atoms with van der Waals surface area (Å²) in [6.07, 6.45) is 8.06. The van der Waals surface area contributed by atoms with Crippen molar-refractivity contribution in [2.75, 3.05) is 18.5 Å². The topological polar surface area (TPSA) is 107 Å². The summed E-state index contributed by atoms with van der Waals surface area (Å²) in [6, 6.07) is 4.50. The van der Waals surface area contributed by atoms with E-state index in [1.54, 1.807) is 20.0 Å². The molecule has 0 aliphatic heterocycles. The number of carboxylic acid groups (broad SMARTS) is 1. The minimum Gasteiger partial charge on any atom is -0.481 e. The molecule has 8 heteroatoms. The number of allylic oxidation sites excluding steroid dienone is 4. The molecule has 0 aromatic heterocycles. The molecule has 0 saturated carbocycles. The zero-order chi connectivity index (χ0) is 22.0. The molecule has 0 fully saturated rings. The maximum atomic E-state index is 11.4. The largest absolute Gasteiger partial charge is 0.481 e. The Morgan fingerprint density at radius 1 is 1.21 bits per heavy atom. The van der Waals surface area contributed by atoms with Crippen molar-refractivity contribution in [3.05, 3.63) is 47.7 Å². The van der Waals surface area contributed by atoms with E-state index in [-0.39, 0.29) is 11.3 Å². The molecule has 1 aromatic carbocycles. The van der Waals surface area contributed by atoms with Gasteiger partial charge in [0.1, 0.15) is 0 Å². The quantitative estimate of drug-likeness (QED) is 0.239. The van der Waals surface area contributed by atoms with Crippen molar-refractivity contribution in [2.45, 2.75) is 51.3 Å². The Labute approximate surface area is 173 Å². The van der Waals surface area contributed by atoms with E-state index in [0.29, 0.717) is 18.5 Å². The highest BCUT2D eigenvalue weighted by molar-refractivity contribution is 7.85. The maximum Gasteiger partial charge on any atom is 0.303 e. The molecule has 0 radical (unpaired) electrons. The highest BCUT2D eigenvalue weighted by Crippen LogP contribution is 2.27. The fourth-order valence-corrected chi connectivity index (χ4v) is 3.36. The maximum absolute atomic E-state index is 11.4. The van der Waals surface area contributed by atoms with Crippen LogP contribution in [0.3, 0.4) is 0 Å². The van der Waals surface area contributed by atoms with Crippen molar-refractivity contribution < 1.29 is 22.9 Å². The first-order valence-electron chi connectivity index (χ1n) is 9.42. The van der Waals surface area contributed by atoms with Crippen LogP contribution in [0, 0.1) is 6.92 Å². The fraction of sp³-hybridized carbons (Fsp3) is 0.429. The molecule has 0 unspecified atom stereocenters. The third kappa shape index (κ3) is 8.62. The highest BCUT2D eigenvalue weighted by Gasteiger charge is 2.15. The second-order valence-electron chi connectivity index (χ2n) is 6.81. The molecule has 0 aliphatic carbocycles.